The second-order valence-electron chi connectivity index (χ2n) is 5.04. The second kappa shape index (κ2) is 6.55. The number of benzene rings is 1. The molecule has 1 aromatic carbocycles. The monoisotopic (exact) mass is 246 g/mol. The third kappa shape index (κ3) is 3.84. The van der Waals surface area contributed by atoms with Crippen LogP contribution in [0.3, 0.4) is 0 Å². The van der Waals surface area contributed by atoms with Crippen molar-refractivity contribution in [1.29, 1.82) is 0 Å². The van der Waals surface area contributed by atoms with E-state index in [0.717, 1.165) is 18.7 Å². The van der Waals surface area contributed by atoms with Crippen molar-refractivity contribution in [1.82, 2.24) is 10.2 Å². The van der Waals surface area contributed by atoms with Gasteiger partial charge in [-0.1, -0.05) is 36.8 Å². The maximum atomic E-state index is 11.9. The lowest BCUT2D eigenvalue weighted by atomic mass is 10.1. The van der Waals surface area contributed by atoms with E-state index in [1.807, 2.05) is 37.3 Å². The molecule has 18 heavy (non-hydrogen) atoms. The molecule has 1 aromatic rings. The first-order chi connectivity index (χ1) is 8.75. The highest BCUT2D eigenvalue weighted by Gasteiger charge is 2.15. The van der Waals surface area contributed by atoms with Gasteiger partial charge < -0.3 is 5.32 Å². The maximum Gasteiger partial charge on any atom is 0.234 e. The summed E-state index contributed by atoms with van der Waals surface area (Å²) >= 11 is 0. The van der Waals surface area contributed by atoms with Crippen molar-refractivity contribution in [3.05, 3.63) is 35.9 Å². The van der Waals surface area contributed by atoms with Crippen LogP contribution < -0.4 is 5.32 Å². The summed E-state index contributed by atoms with van der Waals surface area (Å²) in [5.74, 6) is 0.133. The molecule has 0 radical (unpaired) electrons. The van der Waals surface area contributed by atoms with E-state index < -0.39 is 0 Å². The van der Waals surface area contributed by atoms with Crippen molar-refractivity contribution in [2.75, 3.05) is 19.6 Å². The van der Waals surface area contributed by atoms with Gasteiger partial charge in [0.15, 0.2) is 0 Å². The Hall–Kier alpha value is -1.35. The quantitative estimate of drug-likeness (QED) is 0.884. The Morgan fingerprint density at radius 3 is 2.56 bits per heavy atom. The van der Waals surface area contributed by atoms with Crippen LogP contribution in [0.1, 0.15) is 37.8 Å². The molecule has 1 N–H and O–H groups in total. The zero-order chi connectivity index (χ0) is 12.8. The molecule has 0 unspecified atom stereocenters. The topological polar surface area (TPSA) is 32.3 Å². The van der Waals surface area contributed by atoms with Gasteiger partial charge in [-0.15, -0.1) is 0 Å². The average molecular weight is 246 g/mol. The summed E-state index contributed by atoms with van der Waals surface area (Å²) in [6.07, 6.45) is 3.75. The van der Waals surface area contributed by atoms with Crippen molar-refractivity contribution >= 4 is 5.91 Å². The minimum Gasteiger partial charge on any atom is -0.348 e. The van der Waals surface area contributed by atoms with Crippen LogP contribution in [0.4, 0.5) is 0 Å². The van der Waals surface area contributed by atoms with Crippen LogP contribution in [0.5, 0.6) is 0 Å². The van der Waals surface area contributed by atoms with Crippen LogP contribution >= 0.6 is 0 Å². The molecule has 1 atom stereocenters. The molecule has 0 bridgehead atoms. The number of hydrogen-bond donors (Lipinski definition) is 1. The predicted octanol–water partition coefficient (Wildman–Crippen LogP) is 2.35. The highest BCUT2D eigenvalue weighted by Crippen LogP contribution is 2.12. The molecule has 3 heteroatoms. The highest BCUT2D eigenvalue weighted by molar-refractivity contribution is 5.78. The molecule has 1 saturated heterocycles. The molecule has 0 spiro atoms. The van der Waals surface area contributed by atoms with E-state index >= 15 is 0 Å². The molecule has 0 aromatic heterocycles. The van der Waals surface area contributed by atoms with Gasteiger partial charge in [0.25, 0.3) is 0 Å². The molecule has 1 amide bonds. The normalized spacial score (nSPS) is 18.3. The summed E-state index contributed by atoms with van der Waals surface area (Å²) in [6.45, 7) is 4.70. The second-order valence-corrected chi connectivity index (χ2v) is 5.04. The first kappa shape index (κ1) is 13.1. The molecule has 0 aliphatic carbocycles. The molecular weight excluding hydrogens is 224 g/mol. The fourth-order valence-corrected chi connectivity index (χ4v) is 2.43. The summed E-state index contributed by atoms with van der Waals surface area (Å²) in [7, 11) is 0. The Kier molecular flexibility index (Phi) is 4.76. The fourth-order valence-electron chi connectivity index (χ4n) is 2.43. The van der Waals surface area contributed by atoms with Gasteiger partial charge in [-0.25, -0.2) is 0 Å². The van der Waals surface area contributed by atoms with E-state index in [1.165, 1.54) is 19.3 Å². The summed E-state index contributed by atoms with van der Waals surface area (Å²) in [4.78, 5) is 14.2. The largest absolute Gasteiger partial charge is 0.348 e. The molecule has 2 rings (SSSR count). The van der Waals surface area contributed by atoms with Crippen LogP contribution in [0.15, 0.2) is 30.3 Å². The van der Waals surface area contributed by atoms with Crippen molar-refractivity contribution in [3.8, 4) is 0 Å². The Labute approximate surface area is 109 Å². The molecular formula is C15H22N2O. The Morgan fingerprint density at radius 2 is 1.89 bits per heavy atom. The minimum absolute atomic E-state index is 0.0866. The lowest BCUT2D eigenvalue weighted by Crippen LogP contribution is -2.40. The predicted molar refractivity (Wildman–Crippen MR) is 73.3 cm³/mol. The van der Waals surface area contributed by atoms with Gasteiger partial charge in [0, 0.05) is 0 Å². The maximum absolute atomic E-state index is 11.9. The van der Waals surface area contributed by atoms with Crippen molar-refractivity contribution in [2.24, 2.45) is 0 Å². The summed E-state index contributed by atoms with van der Waals surface area (Å²) < 4.78 is 0. The number of nitrogens with one attached hydrogen (secondary N) is 1. The van der Waals surface area contributed by atoms with Crippen LogP contribution in [0, 0.1) is 0 Å². The first-order valence-electron chi connectivity index (χ1n) is 6.82. The number of carbonyl (C=O) groups excluding carboxylic acids is 1. The number of piperidine rings is 1. The van der Waals surface area contributed by atoms with Crippen molar-refractivity contribution in [3.63, 3.8) is 0 Å². The van der Waals surface area contributed by atoms with Gasteiger partial charge >= 0.3 is 0 Å². The van der Waals surface area contributed by atoms with Crippen LogP contribution in [-0.2, 0) is 4.79 Å². The van der Waals surface area contributed by atoms with Crippen molar-refractivity contribution in [2.45, 2.75) is 32.2 Å². The van der Waals surface area contributed by atoms with E-state index in [4.69, 9.17) is 0 Å². The van der Waals surface area contributed by atoms with Crippen LogP contribution in [0.2, 0.25) is 0 Å². The molecule has 1 heterocycles. The van der Waals surface area contributed by atoms with E-state index in [1.54, 1.807) is 0 Å². The molecule has 1 aliphatic heterocycles. The van der Waals surface area contributed by atoms with E-state index in [9.17, 15) is 4.79 Å². The number of likely N-dealkylation sites (tertiary alicyclic amines) is 1. The Balaban J connectivity index is 1.80. The SMILES string of the molecule is C[C@@H](NC(=O)CN1CCCCC1)c1ccccc1. The van der Waals surface area contributed by atoms with Gasteiger partial charge in [0.1, 0.15) is 0 Å². The Bertz CT molecular complexity index is 371. The van der Waals surface area contributed by atoms with E-state index in [2.05, 4.69) is 10.2 Å². The zero-order valence-corrected chi connectivity index (χ0v) is 11.1. The fraction of sp³-hybridized carbons (Fsp3) is 0.533. The van der Waals surface area contributed by atoms with Gasteiger partial charge in [-0.2, -0.15) is 0 Å². The van der Waals surface area contributed by atoms with Gasteiger partial charge in [-0.05, 0) is 38.4 Å². The van der Waals surface area contributed by atoms with Crippen molar-refractivity contribution < 1.29 is 4.79 Å². The standard InChI is InChI=1S/C15H22N2O/c1-13(14-8-4-2-5-9-14)16-15(18)12-17-10-6-3-7-11-17/h2,4-5,8-9,13H,3,6-7,10-12H2,1H3,(H,16,18)/t13-/m1/s1. The zero-order valence-electron chi connectivity index (χ0n) is 11.1. The molecule has 0 saturated carbocycles. The van der Waals surface area contributed by atoms with Crippen LogP contribution in [0.25, 0.3) is 0 Å². The third-order valence-electron chi connectivity index (χ3n) is 3.49. The number of hydrogen-bond acceptors (Lipinski definition) is 2. The minimum atomic E-state index is 0.0866. The van der Waals surface area contributed by atoms with Gasteiger partial charge in [-0.3, -0.25) is 9.69 Å². The van der Waals surface area contributed by atoms with Crippen LogP contribution in [-0.4, -0.2) is 30.4 Å². The summed E-state index contributed by atoms with van der Waals surface area (Å²) in [6, 6.07) is 10.2. The van der Waals surface area contributed by atoms with Gasteiger partial charge in [0.2, 0.25) is 5.91 Å². The smallest absolute Gasteiger partial charge is 0.234 e. The summed E-state index contributed by atoms with van der Waals surface area (Å²) in [5, 5.41) is 3.06. The molecule has 3 nitrogen and oxygen atoms in total. The third-order valence-corrected chi connectivity index (χ3v) is 3.49. The van der Waals surface area contributed by atoms with E-state index in [0.29, 0.717) is 6.54 Å². The number of rotatable bonds is 4. The number of carbonyl (C=O) groups is 1. The number of amides is 1. The molecule has 98 valence electrons. The van der Waals surface area contributed by atoms with Gasteiger partial charge in [0.05, 0.1) is 12.6 Å². The van der Waals surface area contributed by atoms with E-state index in [-0.39, 0.29) is 11.9 Å². The average Bonchev–Trinajstić information content (AvgIpc) is 2.40. The summed E-state index contributed by atoms with van der Waals surface area (Å²) in [5.41, 5.74) is 1.16. The number of nitrogens with zero attached hydrogens (tertiary/aromatic N) is 1. The first-order valence-corrected chi connectivity index (χ1v) is 6.82. The highest BCUT2D eigenvalue weighted by atomic mass is 16.2. The molecule has 1 aliphatic rings. The lowest BCUT2D eigenvalue weighted by Gasteiger charge is -2.26. The molecule has 1 fully saturated rings. The lowest BCUT2D eigenvalue weighted by molar-refractivity contribution is -0.123. The Morgan fingerprint density at radius 1 is 1.22 bits per heavy atom.